The van der Waals surface area contributed by atoms with E-state index in [0.29, 0.717) is 6.42 Å². The van der Waals surface area contributed by atoms with Gasteiger partial charge >= 0.3 is 7.12 Å². The molecule has 1 saturated heterocycles. The maximum atomic E-state index is 13.3. The van der Waals surface area contributed by atoms with Crippen molar-refractivity contribution in [1.29, 1.82) is 0 Å². The van der Waals surface area contributed by atoms with Gasteiger partial charge in [0.25, 0.3) is 0 Å². The average molecular weight is 266 g/mol. The molecule has 0 aliphatic carbocycles. The summed E-state index contributed by atoms with van der Waals surface area (Å²) in [7, 11) is -0.521. The molecule has 1 N–H and O–H groups in total. The van der Waals surface area contributed by atoms with Crippen molar-refractivity contribution in [3.63, 3.8) is 0 Å². The average Bonchev–Trinajstić information content (AvgIpc) is 2.48. The van der Waals surface area contributed by atoms with Crippen LogP contribution < -0.4 is 5.46 Å². The van der Waals surface area contributed by atoms with Crippen LogP contribution in [0.5, 0.6) is 0 Å². The summed E-state index contributed by atoms with van der Waals surface area (Å²) in [6, 6.07) is 4.49. The van der Waals surface area contributed by atoms with Crippen molar-refractivity contribution in [2.24, 2.45) is 0 Å². The predicted molar refractivity (Wildman–Crippen MR) is 72.9 cm³/mol. The van der Waals surface area contributed by atoms with Crippen LogP contribution in [0.1, 0.15) is 33.3 Å². The Labute approximate surface area is 113 Å². The van der Waals surface area contributed by atoms with E-state index in [2.05, 4.69) is 0 Å². The molecule has 1 fully saturated rings. The third kappa shape index (κ3) is 2.68. The Hall–Kier alpha value is -0.905. The predicted octanol–water partition coefficient (Wildman–Crippen LogP) is 1.66. The second-order valence-corrected chi connectivity index (χ2v) is 5.90. The van der Waals surface area contributed by atoms with Gasteiger partial charge in [-0.25, -0.2) is 4.39 Å². The summed E-state index contributed by atoms with van der Waals surface area (Å²) >= 11 is 0. The van der Waals surface area contributed by atoms with Gasteiger partial charge in [-0.2, -0.15) is 0 Å². The molecule has 1 heterocycles. The van der Waals surface area contributed by atoms with Crippen LogP contribution in [0.15, 0.2) is 18.2 Å². The van der Waals surface area contributed by atoms with Gasteiger partial charge in [-0.15, -0.1) is 0 Å². The molecule has 5 heteroatoms. The largest absolute Gasteiger partial charge is 0.495 e. The van der Waals surface area contributed by atoms with Gasteiger partial charge in [-0.05, 0) is 57.3 Å². The molecule has 1 aliphatic rings. The van der Waals surface area contributed by atoms with Gasteiger partial charge in [-0.3, -0.25) is 0 Å². The molecular weight excluding hydrogens is 246 g/mol. The molecule has 0 spiro atoms. The topological polar surface area (TPSA) is 38.7 Å². The first-order valence-corrected chi connectivity index (χ1v) is 6.52. The number of rotatable bonds is 3. The van der Waals surface area contributed by atoms with Crippen LogP contribution in [-0.2, 0) is 15.7 Å². The fourth-order valence-corrected chi connectivity index (χ4v) is 2.11. The van der Waals surface area contributed by atoms with Crippen molar-refractivity contribution in [3.8, 4) is 0 Å². The Balaban J connectivity index is 2.34. The van der Waals surface area contributed by atoms with Gasteiger partial charge in [0.1, 0.15) is 5.82 Å². The SMILES string of the molecule is CC1(C)OB(c2ccc(F)cc2CCO)OC1(C)C. The van der Waals surface area contributed by atoms with Crippen molar-refractivity contribution in [2.45, 2.75) is 45.3 Å². The second kappa shape index (κ2) is 4.89. The van der Waals surface area contributed by atoms with E-state index in [1.165, 1.54) is 12.1 Å². The first-order valence-electron chi connectivity index (χ1n) is 6.52. The molecule has 0 atom stereocenters. The van der Waals surface area contributed by atoms with Crippen LogP contribution in [0.25, 0.3) is 0 Å². The number of hydrogen-bond acceptors (Lipinski definition) is 3. The lowest BCUT2D eigenvalue weighted by molar-refractivity contribution is 0.00578. The standard InChI is InChI=1S/C14H20BFO3/c1-13(2)14(3,4)19-15(18-13)12-6-5-11(16)9-10(12)7-8-17/h5-6,9,17H,7-8H2,1-4H3. The molecular formula is C14H20BFO3. The molecule has 0 aromatic heterocycles. The molecule has 0 bridgehead atoms. The van der Waals surface area contributed by atoms with E-state index in [-0.39, 0.29) is 12.4 Å². The number of benzene rings is 1. The van der Waals surface area contributed by atoms with Crippen LogP contribution in [0.4, 0.5) is 4.39 Å². The summed E-state index contributed by atoms with van der Waals surface area (Å²) < 4.78 is 25.2. The van der Waals surface area contributed by atoms with E-state index in [1.54, 1.807) is 6.07 Å². The highest BCUT2D eigenvalue weighted by Gasteiger charge is 2.52. The van der Waals surface area contributed by atoms with Crippen LogP contribution in [0.2, 0.25) is 0 Å². The molecule has 19 heavy (non-hydrogen) atoms. The van der Waals surface area contributed by atoms with Crippen molar-refractivity contribution in [3.05, 3.63) is 29.6 Å². The lowest BCUT2D eigenvalue weighted by Crippen LogP contribution is -2.41. The normalized spacial score (nSPS) is 20.8. The third-order valence-corrected chi connectivity index (χ3v) is 3.99. The van der Waals surface area contributed by atoms with Gasteiger partial charge in [0.2, 0.25) is 0 Å². The molecule has 1 aliphatic heterocycles. The highest BCUT2D eigenvalue weighted by Crippen LogP contribution is 2.36. The van der Waals surface area contributed by atoms with Gasteiger partial charge in [0, 0.05) is 6.61 Å². The molecule has 0 amide bonds. The Morgan fingerprint density at radius 1 is 1.16 bits per heavy atom. The van der Waals surface area contributed by atoms with Crippen LogP contribution in [-0.4, -0.2) is 30.0 Å². The molecule has 3 nitrogen and oxygen atoms in total. The quantitative estimate of drug-likeness (QED) is 0.845. The summed E-state index contributed by atoms with van der Waals surface area (Å²) in [5.74, 6) is -0.316. The number of aliphatic hydroxyl groups is 1. The van der Waals surface area contributed by atoms with E-state index >= 15 is 0 Å². The van der Waals surface area contributed by atoms with Gasteiger partial charge in [-0.1, -0.05) is 6.07 Å². The minimum Gasteiger partial charge on any atom is -0.399 e. The van der Waals surface area contributed by atoms with Crippen molar-refractivity contribution < 1.29 is 18.8 Å². The summed E-state index contributed by atoms with van der Waals surface area (Å²) in [4.78, 5) is 0. The Kier molecular flexibility index (Phi) is 3.73. The first-order chi connectivity index (χ1) is 8.77. The summed E-state index contributed by atoms with van der Waals surface area (Å²) in [5, 5.41) is 9.08. The summed E-state index contributed by atoms with van der Waals surface area (Å²) in [6.07, 6.45) is 0.386. The maximum Gasteiger partial charge on any atom is 0.495 e. The fraction of sp³-hybridized carbons (Fsp3) is 0.571. The number of halogens is 1. The van der Waals surface area contributed by atoms with Crippen LogP contribution >= 0.6 is 0 Å². The van der Waals surface area contributed by atoms with Crippen molar-refractivity contribution in [2.75, 3.05) is 6.61 Å². The zero-order valence-corrected chi connectivity index (χ0v) is 11.9. The van der Waals surface area contributed by atoms with Gasteiger partial charge in [0.15, 0.2) is 0 Å². The minimum absolute atomic E-state index is 0.0318. The second-order valence-electron chi connectivity index (χ2n) is 5.90. The summed E-state index contributed by atoms with van der Waals surface area (Å²) in [6.45, 7) is 7.87. The Bertz CT molecular complexity index is 458. The first kappa shape index (κ1) is 14.5. The number of aliphatic hydroxyl groups excluding tert-OH is 1. The molecule has 1 aromatic carbocycles. The molecule has 104 valence electrons. The monoisotopic (exact) mass is 266 g/mol. The van der Waals surface area contributed by atoms with Crippen LogP contribution in [0.3, 0.4) is 0 Å². The van der Waals surface area contributed by atoms with Crippen molar-refractivity contribution in [1.82, 2.24) is 0 Å². The molecule has 0 saturated carbocycles. The zero-order chi connectivity index (χ0) is 14.3. The lowest BCUT2D eigenvalue weighted by Gasteiger charge is -2.32. The Morgan fingerprint density at radius 2 is 1.74 bits per heavy atom. The number of hydrogen-bond donors (Lipinski definition) is 1. The van der Waals surface area contributed by atoms with E-state index in [0.717, 1.165) is 11.0 Å². The molecule has 0 unspecified atom stereocenters. The molecule has 2 rings (SSSR count). The third-order valence-electron chi connectivity index (χ3n) is 3.99. The van der Waals surface area contributed by atoms with E-state index in [9.17, 15) is 4.39 Å². The zero-order valence-electron chi connectivity index (χ0n) is 11.9. The lowest BCUT2D eigenvalue weighted by atomic mass is 9.75. The minimum atomic E-state index is -0.521. The van der Waals surface area contributed by atoms with Gasteiger partial charge < -0.3 is 14.4 Å². The van der Waals surface area contributed by atoms with Gasteiger partial charge in [0.05, 0.1) is 11.2 Å². The Morgan fingerprint density at radius 3 is 2.26 bits per heavy atom. The molecule has 0 radical (unpaired) electrons. The smallest absolute Gasteiger partial charge is 0.399 e. The van der Waals surface area contributed by atoms with E-state index in [4.69, 9.17) is 14.4 Å². The fourth-order valence-electron chi connectivity index (χ4n) is 2.11. The van der Waals surface area contributed by atoms with Crippen LogP contribution in [0, 0.1) is 5.82 Å². The highest BCUT2D eigenvalue weighted by atomic mass is 19.1. The maximum absolute atomic E-state index is 13.3. The van der Waals surface area contributed by atoms with Crippen molar-refractivity contribution >= 4 is 12.6 Å². The highest BCUT2D eigenvalue weighted by molar-refractivity contribution is 6.62. The summed E-state index contributed by atoms with van der Waals surface area (Å²) in [5.41, 5.74) is 0.653. The molecule has 1 aromatic rings. The van der Waals surface area contributed by atoms with E-state index in [1.807, 2.05) is 27.7 Å². The van der Waals surface area contributed by atoms with E-state index < -0.39 is 18.3 Å².